The number of ether oxygens (including phenoxy) is 1. The SMILES string of the molecule is COc1ncc(CN2C(=O)c3ccccc3C2=O)cc1SC1=CNC2(C)N=C(N3CCC4(CC3)Cc3c#cccc3[C@H]4N[S@@](=O)C(C)(C)C)NC2=N1. The Morgan fingerprint density at radius 3 is 2.56 bits per heavy atom. The van der Waals surface area contributed by atoms with Gasteiger partial charge in [-0.25, -0.2) is 23.9 Å². The Morgan fingerprint density at radius 2 is 1.87 bits per heavy atom. The van der Waals surface area contributed by atoms with E-state index >= 15 is 0 Å². The number of pyridine rings is 1. The number of rotatable bonds is 7. The number of hydrogen-bond acceptors (Lipinski definition) is 11. The van der Waals surface area contributed by atoms with Gasteiger partial charge in [-0.2, -0.15) is 0 Å². The largest absolute Gasteiger partial charge is 0.480 e. The summed E-state index contributed by atoms with van der Waals surface area (Å²) in [6.45, 7) is 9.63. The smallest absolute Gasteiger partial charge is 0.261 e. The van der Waals surface area contributed by atoms with Gasteiger partial charge in [-0.05, 0) is 93.8 Å². The van der Waals surface area contributed by atoms with Gasteiger partial charge in [-0.3, -0.25) is 14.5 Å². The summed E-state index contributed by atoms with van der Waals surface area (Å²) in [4.78, 5) is 44.7. The van der Waals surface area contributed by atoms with Crippen LogP contribution in [0.5, 0.6) is 5.88 Å². The summed E-state index contributed by atoms with van der Waals surface area (Å²) in [6.07, 6.45) is 6.12. The van der Waals surface area contributed by atoms with Gasteiger partial charge in [0.15, 0.2) is 11.5 Å². The van der Waals surface area contributed by atoms with Gasteiger partial charge in [0.2, 0.25) is 11.8 Å². The molecule has 3 atom stereocenters. The van der Waals surface area contributed by atoms with Crippen LogP contribution in [0.25, 0.3) is 0 Å². The molecule has 2 aromatic carbocycles. The minimum absolute atomic E-state index is 0.0263. The molecule has 3 N–H and O–H groups in total. The van der Waals surface area contributed by atoms with Crippen molar-refractivity contribution in [1.29, 1.82) is 0 Å². The number of benzene rings is 1. The van der Waals surface area contributed by atoms with E-state index < -0.39 is 16.6 Å². The van der Waals surface area contributed by atoms with Crippen molar-refractivity contribution in [3.05, 3.63) is 99.8 Å². The molecule has 1 aliphatic carbocycles. The van der Waals surface area contributed by atoms with E-state index in [4.69, 9.17) is 14.7 Å². The molecule has 1 saturated heterocycles. The topological polar surface area (TPSA) is 141 Å². The predicted octanol–water partition coefficient (Wildman–Crippen LogP) is 4.49. The molecule has 0 saturated carbocycles. The summed E-state index contributed by atoms with van der Waals surface area (Å²) in [5.74, 6) is 1.22. The van der Waals surface area contributed by atoms with Crippen molar-refractivity contribution in [1.82, 2.24) is 30.1 Å². The molecule has 5 aliphatic rings. The van der Waals surface area contributed by atoms with Gasteiger partial charge in [-0.15, -0.1) is 0 Å². The molecule has 1 fully saturated rings. The first-order valence-electron chi connectivity index (χ1n) is 17.3. The van der Waals surface area contributed by atoms with Gasteiger partial charge >= 0.3 is 0 Å². The zero-order valence-corrected chi connectivity index (χ0v) is 31.3. The fourth-order valence-corrected chi connectivity index (χ4v) is 9.36. The van der Waals surface area contributed by atoms with Crippen molar-refractivity contribution in [2.75, 3.05) is 20.2 Å². The highest BCUT2D eigenvalue weighted by atomic mass is 32.2. The van der Waals surface area contributed by atoms with Crippen molar-refractivity contribution in [2.45, 2.75) is 74.8 Å². The molecule has 0 radical (unpaired) electrons. The standard InChI is InChI=1S/C38H40N8O4S2/c1-36(2,3)52(49)44-30-25-11-7-6-10-24(25)19-38(30)14-16-45(17-15-38)35-42-34-37(4,43-35)40-21-29(41-34)51-28-18-23(20-39-31(28)50-5)22-46-32(47)26-12-8-9-13-27(26)33(46)48/h7-9,11-13,18,20-21,30,40,44H,14-17,19,22H2,1-5H3,(H,41,42,43)/t30-,37?,52+/m1/s1. The third-order valence-electron chi connectivity index (χ3n) is 10.4. The third-order valence-corrected chi connectivity index (χ3v) is 12.9. The summed E-state index contributed by atoms with van der Waals surface area (Å²) in [5.41, 5.74) is 3.00. The van der Waals surface area contributed by atoms with Crippen LogP contribution in [0, 0.1) is 17.5 Å². The lowest BCUT2D eigenvalue weighted by atomic mass is 9.73. The van der Waals surface area contributed by atoms with E-state index in [1.807, 2.05) is 46.0 Å². The van der Waals surface area contributed by atoms with Gasteiger partial charge in [0.05, 0.1) is 51.5 Å². The van der Waals surface area contributed by atoms with Gasteiger partial charge in [0.1, 0.15) is 5.03 Å². The molecule has 14 heteroatoms. The number of amidine groups is 1. The number of guanidine groups is 1. The molecular formula is C38H40N8O4S2. The zero-order valence-electron chi connectivity index (χ0n) is 29.7. The molecule has 1 spiro atoms. The van der Waals surface area contributed by atoms with E-state index in [1.54, 1.807) is 37.6 Å². The number of aliphatic imine (C=N–C) groups is 2. The molecule has 5 heterocycles. The van der Waals surface area contributed by atoms with Crippen molar-refractivity contribution < 1.29 is 18.5 Å². The summed E-state index contributed by atoms with van der Waals surface area (Å²) in [6, 6.07) is 19.2. The van der Waals surface area contributed by atoms with E-state index in [0.29, 0.717) is 38.3 Å². The number of imide groups is 1. The predicted molar refractivity (Wildman–Crippen MR) is 200 cm³/mol. The number of amides is 2. The quantitative estimate of drug-likeness (QED) is 0.300. The van der Waals surface area contributed by atoms with Gasteiger partial charge < -0.3 is 20.3 Å². The van der Waals surface area contributed by atoms with Crippen LogP contribution in [0.2, 0.25) is 0 Å². The summed E-state index contributed by atoms with van der Waals surface area (Å²) >= 11 is 1.37. The molecule has 4 aliphatic heterocycles. The Morgan fingerprint density at radius 1 is 1.13 bits per heavy atom. The van der Waals surface area contributed by atoms with E-state index in [0.717, 1.165) is 43.9 Å². The normalized spacial score (nSPS) is 23.5. The molecular weight excluding hydrogens is 697 g/mol. The van der Waals surface area contributed by atoms with E-state index in [2.05, 4.69) is 43.4 Å². The minimum atomic E-state index is -1.21. The number of aromatic nitrogens is 1. The Kier molecular flexibility index (Phi) is 8.43. The Hall–Kier alpha value is -4.71. The van der Waals surface area contributed by atoms with Gasteiger partial charge in [-0.1, -0.05) is 36.0 Å². The second-order valence-electron chi connectivity index (χ2n) is 14.9. The number of nitrogens with zero attached hydrogens (tertiary/aromatic N) is 5. The highest BCUT2D eigenvalue weighted by Gasteiger charge is 2.50. The van der Waals surface area contributed by atoms with E-state index in [1.165, 1.54) is 22.2 Å². The monoisotopic (exact) mass is 736 g/mol. The molecule has 0 bridgehead atoms. The number of likely N-dealkylation sites (tertiary alicyclic amines) is 1. The number of piperidine rings is 1. The average molecular weight is 737 g/mol. The maximum atomic E-state index is 13.3. The average Bonchev–Trinajstić information content (AvgIpc) is 3.71. The second kappa shape index (κ2) is 12.8. The van der Waals surface area contributed by atoms with Crippen molar-refractivity contribution in [3.63, 3.8) is 0 Å². The molecule has 268 valence electrons. The summed E-state index contributed by atoms with van der Waals surface area (Å²) in [7, 11) is 0.339. The molecule has 3 aromatic rings. The van der Waals surface area contributed by atoms with Crippen LogP contribution in [-0.2, 0) is 24.0 Å². The number of hydrogen-bond donors (Lipinski definition) is 3. The van der Waals surface area contributed by atoms with Crippen LogP contribution >= 0.6 is 11.8 Å². The van der Waals surface area contributed by atoms with Crippen LogP contribution in [0.3, 0.4) is 0 Å². The number of carbonyl (C=O) groups is 2. The van der Waals surface area contributed by atoms with Crippen LogP contribution in [0.1, 0.15) is 84.0 Å². The van der Waals surface area contributed by atoms with Gasteiger partial charge in [0, 0.05) is 31.0 Å². The maximum Gasteiger partial charge on any atom is 0.261 e. The number of carbonyl (C=O) groups excluding carboxylic acids is 2. The van der Waals surface area contributed by atoms with Crippen LogP contribution in [0.4, 0.5) is 0 Å². The highest BCUT2D eigenvalue weighted by Crippen LogP contribution is 2.52. The third kappa shape index (κ3) is 5.94. The first kappa shape index (κ1) is 34.4. The maximum absolute atomic E-state index is 13.3. The molecule has 2 amide bonds. The zero-order chi connectivity index (χ0) is 36.4. The lowest BCUT2D eigenvalue weighted by Gasteiger charge is -2.44. The number of nitrogens with one attached hydrogen (secondary N) is 3. The van der Waals surface area contributed by atoms with Gasteiger partial charge in [0.25, 0.3) is 11.8 Å². The van der Waals surface area contributed by atoms with E-state index in [9.17, 15) is 13.8 Å². The number of thioether (sulfide) groups is 1. The van der Waals surface area contributed by atoms with Crippen molar-refractivity contribution in [2.24, 2.45) is 15.4 Å². The molecule has 1 unspecified atom stereocenters. The molecule has 52 heavy (non-hydrogen) atoms. The molecule has 1 aromatic heterocycles. The van der Waals surface area contributed by atoms with Crippen molar-refractivity contribution in [3.8, 4) is 5.88 Å². The Balaban J connectivity index is 0.948. The Bertz CT molecular complexity index is 2070. The van der Waals surface area contributed by atoms with E-state index in [-0.39, 0.29) is 34.6 Å². The lowest BCUT2D eigenvalue weighted by molar-refractivity contribution is 0.0642. The highest BCUT2D eigenvalue weighted by molar-refractivity contribution is 8.03. The second-order valence-corrected chi connectivity index (χ2v) is 18.0. The Labute approximate surface area is 310 Å². The fourth-order valence-electron chi connectivity index (χ4n) is 7.50. The summed E-state index contributed by atoms with van der Waals surface area (Å²) in [5, 5.41) is 7.59. The van der Waals surface area contributed by atoms with Crippen molar-refractivity contribution >= 4 is 46.4 Å². The summed E-state index contributed by atoms with van der Waals surface area (Å²) < 4.78 is 22.0. The molecule has 8 rings (SSSR count). The first-order valence-corrected chi connectivity index (χ1v) is 19.3. The number of fused-ring (bicyclic) bond motifs is 3. The fraction of sp³-hybridized carbons (Fsp3) is 0.395. The number of methoxy groups -OCH3 is 1. The van der Waals surface area contributed by atoms with Crippen LogP contribution < -0.4 is 20.1 Å². The van der Waals surface area contributed by atoms with Crippen LogP contribution in [0.15, 0.2) is 74.8 Å². The first-order chi connectivity index (χ1) is 24.9. The lowest BCUT2D eigenvalue weighted by Crippen LogP contribution is -2.52. The minimum Gasteiger partial charge on any atom is -0.480 e. The molecule has 12 nitrogen and oxygen atoms in total. The van der Waals surface area contributed by atoms with Crippen LogP contribution in [-0.4, -0.2) is 73.2 Å².